The summed E-state index contributed by atoms with van der Waals surface area (Å²) in [6.45, 7) is 5.84. The van der Waals surface area contributed by atoms with Crippen molar-refractivity contribution in [2.75, 3.05) is 0 Å². The Labute approximate surface area is 130 Å². The Kier molecular flexibility index (Phi) is 3.12. The maximum atomic E-state index is 5.84. The van der Waals surface area contributed by atoms with Crippen molar-refractivity contribution >= 4 is 21.5 Å². The zero-order chi connectivity index (χ0) is 14.9. The van der Waals surface area contributed by atoms with Crippen LogP contribution < -0.4 is 0 Å². The van der Waals surface area contributed by atoms with E-state index in [0.717, 1.165) is 22.3 Å². The molecule has 2 radical (unpaired) electrons. The van der Waals surface area contributed by atoms with Crippen LogP contribution in [-0.4, -0.2) is 4.98 Å². The highest BCUT2D eigenvalue weighted by atomic mass is 14.7. The lowest BCUT2D eigenvalue weighted by Gasteiger charge is -2.11. The van der Waals surface area contributed by atoms with Gasteiger partial charge in [0.05, 0.1) is 5.69 Å². The highest BCUT2D eigenvalue weighted by Crippen LogP contribution is 2.32. The Bertz CT molecular complexity index is 964. The summed E-state index contributed by atoms with van der Waals surface area (Å²) in [6.07, 6.45) is 0.447. The van der Waals surface area contributed by atoms with Gasteiger partial charge in [-0.1, -0.05) is 66.7 Å². The standard InChI is InChI=1S/C21H15N/c1-2-17-14-16-9-4-6-12-19(16)21(22-17)20-13-7-10-15-8-3-5-11-18(15)20/h1,3-14H,2H2. The van der Waals surface area contributed by atoms with Gasteiger partial charge in [0.15, 0.2) is 0 Å². The van der Waals surface area contributed by atoms with Crippen molar-refractivity contribution in [2.45, 2.75) is 6.42 Å². The van der Waals surface area contributed by atoms with E-state index in [0.29, 0.717) is 6.42 Å². The second-order valence-corrected chi connectivity index (χ2v) is 5.41. The molecule has 0 N–H and O–H groups in total. The van der Waals surface area contributed by atoms with E-state index in [1.807, 2.05) is 0 Å². The SMILES string of the molecule is [CH]Cc1cc2ccccc2c(-c2cccc3ccccc23)n1. The molecule has 0 unspecified atom stereocenters. The Morgan fingerprint density at radius 3 is 2.23 bits per heavy atom. The van der Waals surface area contributed by atoms with E-state index in [-0.39, 0.29) is 0 Å². The molecule has 1 aromatic heterocycles. The van der Waals surface area contributed by atoms with Crippen LogP contribution >= 0.6 is 0 Å². The number of hydrogen-bond acceptors (Lipinski definition) is 1. The van der Waals surface area contributed by atoms with E-state index in [2.05, 4.69) is 72.8 Å². The van der Waals surface area contributed by atoms with Gasteiger partial charge in [-0.2, -0.15) is 0 Å². The number of nitrogens with zero attached hydrogens (tertiary/aromatic N) is 1. The lowest BCUT2D eigenvalue weighted by molar-refractivity contribution is 1.13. The minimum atomic E-state index is 0.447. The molecular formula is C21H15N. The molecule has 22 heavy (non-hydrogen) atoms. The number of hydrogen-bond donors (Lipinski definition) is 0. The van der Waals surface area contributed by atoms with E-state index in [1.54, 1.807) is 0 Å². The van der Waals surface area contributed by atoms with Gasteiger partial charge in [-0.3, -0.25) is 4.98 Å². The molecule has 0 saturated carbocycles. The van der Waals surface area contributed by atoms with Crippen LogP contribution in [0, 0.1) is 6.92 Å². The van der Waals surface area contributed by atoms with E-state index in [1.165, 1.54) is 16.2 Å². The molecule has 0 fully saturated rings. The van der Waals surface area contributed by atoms with Gasteiger partial charge in [0.25, 0.3) is 0 Å². The fourth-order valence-corrected chi connectivity index (χ4v) is 3.00. The molecule has 3 aromatic carbocycles. The van der Waals surface area contributed by atoms with Gasteiger partial charge in [0.1, 0.15) is 0 Å². The molecule has 0 aliphatic carbocycles. The van der Waals surface area contributed by atoms with Crippen molar-refractivity contribution in [1.29, 1.82) is 0 Å². The van der Waals surface area contributed by atoms with Crippen LogP contribution in [0.5, 0.6) is 0 Å². The van der Waals surface area contributed by atoms with Crippen molar-refractivity contribution in [3.8, 4) is 11.3 Å². The third-order valence-corrected chi connectivity index (χ3v) is 4.05. The second-order valence-electron chi connectivity index (χ2n) is 5.41. The molecule has 0 amide bonds. The summed E-state index contributed by atoms with van der Waals surface area (Å²) >= 11 is 0. The van der Waals surface area contributed by atoms with Crippen molar-refractivity contribution < 1.29 is 0 Å². The highest BCUT2D eigenvalue weighted by Gasteiger charge is 2.10. The quantitative estimate of drug-likeness (QED) is 0.485. The first-order valence-corrected chi connectivity index (χ1v) is 7.44. The summed E-state index contributed by atoms with van der Waals surface area (Å²) in [6, 6.07) is 25.2. The predicted molar refractivity (Wildman–Crippen MR) is 92.7 cm³/mol. The predicted octanol–water partition coefficient (Wildman–Crippen LogP) is 5.31. The minimum Gasteiger partial charge on any atom is -0.252 e. The number of pyridine rings is 1. The molecule has 1 nitrogen and oxygen atoms in total. The molecule has 4 rings (SSSR count). The van der Waals surface area contributed by atoms with Gasteiger partial charge < -0.3 is 0 Å². The third kappa shape index (κ3) is 2.06. The van der Waals surface area contributed by atoms with Crippen LogP contribution in [0.4, 0.5) is 0 Å². The van der Waals surface area contributed by atoms with Gasteiger partial charge in [-0.15, -0.1) is 0 Å². The summed E-state index contributed by atoms with van der Waals surface area (Å²) < 4.78 is 0. The molecule has 0 aliphatic heterocycles. The molecular weight excluding hydrogens is 266 g/mol. The summed E-state index contributed by atoms with van der Waals surface area (Å²) in [4.78, 5) is 4.81. The molecule has 0 saturated heterocycles. The molecule has 0 bridgehead atoms. The van der Waals surface area contributed by atoms with Gasteiger partial charge >= 0.3 is 0 Å². The Morgan fingerprint density at radius 1 is 0.727 bits per heavy atom. The van der Waals surface area contributed by atoms with Gasteiger partial charge in [0, 0.05) is 16.6 Å². The lowest BCUT2D eigenvalue weighted by Crippen LogP contribution is -1.93. The zero-order valence-corrected chi connectivity index (χ0v) is 12.2. The maximum Gasteiger partial charge on any atom is 0.0789 e. The first-order valence-electron chi connectivity index (χ1n) is 7.44. The number of fused-ring (bicyclic) bond motifs is 2. The topological polar surface area (TPSA) is 12.9 Å². The maximum absolute atomic E-state index is 5.84. The van der Waals surface area contributed by atoms with Crippen molar-refractivity contribution in [3.05, 3.63) is 85.4 Å². The van der Waals surface area contributed by atoms with Crippen LogP contribution in [0.15, 0.2) is 72.8 Å². The third-order valence-electron chi connectivity index (χ3n) is 4.05. The van der Waals surface area contributed by atoms with Crippen LogP contribution in [0.1, 0.15) is 5.69 Å². The molecule has 104 valence electrons. The molecule has 1 heteroatoms. The van der Waals surface area contributed by atoms with Gasteiger partial charge in [-0.05, 0) is 35.6 Å². The fraction of sp³-hybridized carbons (Fsp3) is 0.0476. The highest BCUT2D eigenvalue weighted by molar-refractivity contribution is 6.03. The van der Waals surface area contributed by atoms with Crippen LogP contribution in [0.2, 0.25) is 0 Å². The first-order chi connectivity index (χ1) is 10.9. The molecule has 4 aromatic rings. The number of aromatic nitrogens is 1. The summed E-state index contributed by atoms with van der Waals surface area (Å²) in [5.41, 5.74) is 3.08. The number of benzene rings is 3. The average Bonchev–Trinajstić information content (AvgIpc) is 2.60. The Balaban J connectivity index is 2.12. The summed E-state index contributed by atoms with van der Waals surface area (Å²) in [5.74, 6) is 0. The second kappa shape index (κ2) is 5.27. The smallest absolute Gasteiger partial charge is 0.0789 e. The Hall–Kier alpha value is -2.67. The van der Waals surface area contributed by atoms with E-state index in [4.69, 9.17) is 11.9 Å². The molecule has 0 aliphatic rings. The normalized spacial score (nSPS) is 11.1. The van der Waals surface area contributed by atoms with Crippen molar-refractivity contribution in [1.82, 2.24) is 4.98 Å². The largest absolute Gasteiger partial charge is 0.252 e. The van der Waals surface area contributed by atoms with Crippen LogP contribution in [-0.2, 0) is 6.42 Å². The Morgan fingerprint density at radius 2 is 1.41 bits per heavy atom. The molecule has 0 atom stereocenters. The van der Waals surface area contributed by atoms with Crippen LogP contribution in [0.25, 0.3) is 32.8 Å². The monoisotopic (exact) mass is 281 g/mol. The van der Waals surface area contributed by atoms with Crippen LogP contribution in [0.3, 0.4) is 0 Å². The minimum absolute atomic E-state index is 0.447. The fourth-order valence-electron chi connectivity index (χ4n) is 3.00. The van der Waals surface area contributed by atoms with Gasteiger partial charge in [0.2, 0.25) is 0 Å². The van der Waals surface area contributed by atoms with Crippen molar-refractivity contribution in [3.63, 3.8) is 0 Å². The van der Waals surface area contributed by atoms with E-state index in [9.17, 15) is 0 Å². The van der Waals surface area contributed by atoms with Crippen molar-refractivity contribution in [2.24, 2.45) is 0 Å². The van der Waals surface area contributed by atoms with E-state index >= 15 is 0 Å². The van der Waals surface area contributed by atoms with E-state index < -0.39 is 0 Å². The average molecular weight is 281 g/mol. The summed E-state index contributed by atoms with van der Waals surface area (Å²) in [7, 11) is 0. The number of rotatable bonds is 2. The molecule has 1 heterocycles. The molecule has 0 spiro atoms. The summed E-state index contributed by atoms with van der Waals surface area (Å²) in [5, 5.41) is 4.79. The zero-order valence-electron chi connectivity index (χ0n) is 12.2. The first kappa shape index (κ1) is 13.0. The lowest BCUT2D eigenvalue weighted by atomic mass is 9.97. The van der Waals surface area contributed by atoms with Gasteiger partial charge in [-0.25, -0.2) is 0 Å².